The van der Waals surface area contributed by atoms with Crippen LogP contribution in [0.5, 0.6) is 0 Å². The molecule has 0 aromatic carbocycles. The molecule has 2 N–H and O–H groups in total. The third-order valence-electron chi connectivity index (χ3n) is 1.68. The molecule has 0 bridgehead atoms. The van der Waals surface area contributed by atoms with Crippen LogP contribution < -0.4 is 5.73 Å². The van der Waals surface area contributed by atoms with E-state index >= 15 is 0 Å². The lowest BCUT2D eigenvalue weighted by atomic mass is 10.2. The highest BCUT2D eigenvalue weighted by molar-refractivity contribution is 4.90. The SMILES string of the molecule is [CH2]CCCCn1cc(CN)nn1. The Labute approximate surface area is 72.8 Å². The molecule has 0 fully saturated rings. The number of unbranched alkanes of at least 4 members (excludes halogenated alkanes) is 2. The molecule has 1 heterocycles. The summed E-state index contributed by atoms with van der Waals surface area (Å²) in [7, 11) is 0. The lowest BCUT2D eigenvalue weighted by molar-refractivity contribution is 0.543. The van der Waals surface area contributed by atoms with E-state index in [-0.39, 0.29) is 0 Å². The average molecular weight is 167 g/mol. The Hall–Kier alpha value is -0.900. The van der Waals surface area contributed by atoms with Crippen molar-refractivity contribution in [2.45, 2.75) is 32.4 Å². The first-order valence-electron chi connectivity index (χ1n) is 4.25. The Kier molecular flexibility index (Phi) is 3.73. The van der Waals surface area contributed by atoms with Crippen LogP contribution in [-0.4, -0.2) is 15.0 Å². The van der Waals surface area contributed by atoms with Crippen LogP contribution in [-0.2, 0) is 13.1 Å². The molecule has 0 spiro atoms. The Morgan fingerprint density at radius 3 is 2.92 bits per heavy atom. The van der Waals surface area contributed by atoms with Gasteiger partial charge in [0.25, 0.3) is 0 Å². The van der Waals surface area contributed by atoms with Crippen molar-refractivity contribution in [3.8, 4) is 0 Å². The van der Waals surface area contributed by atoms with Crippen LogP contribution in [0.25, 0.3) is 0 Å². The second-order valence-electron chi connectivity index (χ2n) is 2.74. The summed E-state index contributed by atoms with van der Waals surface area (Å²) < 4.78 is 1.83. The van der Waals surface area contributed by atoms with Gasteiger partial charge >= 0.3 is 0 Å². The third-order valence-corrected chi connectivity index (χ3v) is 1.68. The maximum atomic E-state index is 5.39. The predicted octanol–water partition coefficient (Wildman–Crippen LogP) is 0.741. The number of aryl methyl sites for hydroxylation is 1. The Morgan fingerprint density at radius 1 is 1.50 bits per heavy atom. The van der Waals surface area contributed by atoms with Crippen LogP contribution in [0.1, 0.15) is 25.0 Å². The van der Waals surface area contributed by atoms with Crippen LogP contribution in [0.15, 0.2) is 6.20 Å². The van der Waals surface area contributed by atoms with Gasteiger partial charge in [0.05, 0.1) is 5.69 Å². The standard InChI is InChI=1S/C8H15N4/c1-2-3-4-5-12-7-8(6-9)10-11-12/h7H,1-6,9H2. The van der Waals surface area contributed by atoms with Crippen molar-refractivity contribution in [3.63, 3.8) is 0 Å². The fraction of sp³-hybridized carbons (Fsp3) is 0.625. The van der Waals surface area contributed by atoms with Gasteiger partial charge in [-0.1, -0.05) is 25.0 Å². The lowest BCUT2D eigenvalue weighted by Crippen LogP contribution is -1.98. The van der Waals surface area contributed by atoms with E-state index in [2.05, 4.69) is 17.2 Å². The number of nitrogens with zero attached hydrogens (tertiary/aromatic N) is 3. The third kappa shape index (κ3) is 2.62. The minimum atomic E-state index is 0.468. The molecule has 0 aliphatic carbocycles. The first kappa shape index (κ1) is 9.19. The molecule has 0 unspecified atom stereocenters. The number of rotatable bonds is 5. The topological polar surface area (TPSA) is 56.7 Å². The highest BCUT2D eigenvalue weighted by Gasteiger charge is 1.96. The molecule has 12 heavy (non-hydrogen) atoms. The van der Waals surface area contributed by atoms with Crippen molar-refractivity contribution in [1.82, 2.24) is 15.0 Å². The van der Waals surface area contributed by atoms with E-state index in [1.54, 1.807) is 0 Å². The minimum Gasteiger partial charge on any atom is -0.325 e. The highest BCUT2D eigenvalue weighted by atomic mass is 15.4. The molecule has 1 radical (unpaired) electrons. The van der Waals surface area contributed by atoms with Gasteiger partial charge in [0.15, 0.2) is 0 Å². The van der Waals surface area contributed by atoms with Crippen molar-refractivity contribution in [1.29, 1.82) is 0 Å². The van der Waals surface area contributed by atoms with E-state index in [9.17, 15) is 0 Å². The van der Waals surface area contributed by atoms with Crippen molar-refractivity contribution < 1.29 is 0 Å². The Morgan fingerprint density at radius 2 is 2.33 bits per heavy atom. The van der Waals surface area contributed by atoms with E-state index in [1.165, 1.54) is 0 Å². The first-order valence-corrected chi connectivity index (χ1v) is 4.25. The van der Waals surface area contributed by atoms with Crippen molar-refractivity contribution in [3.05, 3.63) is 18.8 Å². The van der Waals surface area contributed by atoms with E-state index in [1.807, 2.05) is 10.9 Å². The van der Waals surface area contributed by atoms with Crippen LogP contribution in [0, 0.1) is 6.92 Å². The molecule has 0 aliphatic rings. The summed E-state index contributed by atoms with van der Waals surface area (Å²) in [5.41, 5.74) is 6.24. The summed E-state index contributed by atoms with van der Waals surface area (Å²) in [6.45, 7) is 5.16. The smallest absolute Gasteiger partial charge is 0.0962 e. The minimum absolute atomic E-state index is 0.468. The molecule has 1 aromatic heterocycles. The summed E-state index contributed by atoms with van der Waals surface area (Å²) >= 11 is 0. The van der Waals surface area contributed by atoms with Gasteiger partial charge in [0, 0.05) is 19.3 Å². The molecule has 0 atom stereocenters. The van der Waals surface area contributed by atoms with Gasteiger partial charge in [-0.05, 0) is 6.42 Å². The van der Waals surface area contributed by atoms with Crippen molar-refractivity contribution in [2.75, 3.05) is 0 Å². The second kappa shape index (κ2) is 4.87. The monoisotopic (exact) mass is 167 g/mol. The molecule has 4 heteroatoms. The lowest BCUT2D eigenvalue weighted by Gasteiger charge is -1.96. The molecular weight excluding hydrogens is 152 g/mol. The zero-order chi connectivity index (χ0) is 8.81. The van der Waals surface area contributed by atoms with Crippen LogP contribution in [0.4, 0.5) is 0 Å². The van der Waals surface area contributed by atoms with Gasteiger partial charge in [-0.25, -0.2) is 0 Å². The van der Waals surface area contributed by atoms with Crippen molar-refractivity contribution >= 4 is 0 Å². The summed E-state index contributed by atoms with van der Waals surface area (Å²) in [6.07, 6.45) is 5.12. The zero-order valence-electron chi connectivity index (χ0n) is 7.24. The maximum Gasteiger partial charge on any atom is 0.0962 e. The van der Waals surface area contributed by atoms with E-state index in [4.69, 9.17) is 5.73 Å². The number of hydrogen-bond donors (Lipinski definition) is 1. The molecule has 1 aromatic rings. The predicted molar refractivity (Wildman–Crippen MR) is 47.1 cm³/mol. The quantitative estimate of drug-likeness (QED) is 0.658. The molecular formula is C8H15N4. The van der Waals surface area contributed by atoms with Gasteiger partial charge in [-0.3, -0.25) is 4.68 Å². The number of aromatic nitrogens is 3. The van der Waals surface area contributed by atoms with Crippen LogP contribution in [0.3, 0.4) is 0 Å². The molecule has 0 aliphatic heterocycles. The highest BCUT2D eigenvalue weighted by Crippen LogP contribution is 1.97. The van der Waals surface area contributed by atoms with E-state index < -0.39 is 0 Å². The largest absolute Gasteiger partial charge is 0.325 e. The summed E-state index contributed by atoms with van der Waals surface area (Å²) in [4.78, 5) is 0. The Bertz CT molecular complexity index is 219. The fourth-order valence-electron chi connectivity index (χ4n) is 0.992. The first-order chi connectivity index (χ1) is 5.86. The average Bonchev–Trinajstić information content (AvgIpc) is 2.53. The molecule has 0 amide bonds. The summed E-state index contributed by atoms with van der Waals surface area (Å²) in [5.74, 6) is 0. The molecule has 0 saturated heterocycles. The fourth-order valence-corrected chi connectivity index (χ4v) is 0.992. The van der Waals surface area contributed by atoms with Crippen LogP contribution >= 0.6 is 0 Å². The zero-order valence-corrected chi connectivity index (χ0v) is 7.24. The molecule has 1 rings (SSSR count). The molecule has 67 valence electrons. The van der Waals surface area contributed by atoms with Gasteiger partial charge in [-0.15, -0.1) is 5.10 Å². The second-order valence-corrected chi connectivity index (χ2v) is 2.74. The van der Waals surface area contributed by atoms with Gasteiger partial charge < -0.3 is 5.73 Å². The normalized spacial score (nSPS) is 10.5. The Balaban J connectivity index is 2.31. The van der Waals surface area contributed by atoms with Gasteiger partial charge in [-0.2, -0.15) is 0 Å². The maximum absolute atomic E-state index is 5.39. The van der Waals surface area contributed by atoms with Gasteiger partial charge in [0.1, 0.15) is 0 Å². The summed E-state index contributed by atoms with van der Waals surface area (Å²) in [5, 5.41) is 7.81. The van der Waals surface area contributed by atoms with Crippen LogP contribution in [0.2, 0.25) is 0 Å². The van der Waals surface area contributed by atoms with E-state index in [0.29, 0.717) is 6.54 Å². The molecule has 0 saturated carbocycles. The summed E-state index contributed by atoms with van der Waals surface area (Å²) in [6, 6.07) is 0. The number of nitrogens with two attached hydrogens (primary N) is 1. The number of hydrogen-bond acceptors (Lipinski definition) is 3. The van der Waals surface area contributed by atoms with Crippen molar-refractivity contribution in [2.24, 2.45) is 5.73 Å². The van der Waals surface area contributed by atoms with Gasteiger partial charge in [0.2, 0.25) is 0 Å². The molecule has 4 nitrogen and oxygen atoms in total. The van der Waals surface area contributed by atoms with E-state index in [0.717, 1.165) is 31.5 Å².